The zero-order chi connectivity index (χ0) is 11.7. The molecule has 0 fully saturated rings. The molecule has 2 N–H and O–H groups in total. The third kappa shape index (κ3) is 2.01. The van der Waals surface area contributed by atoms with Crippen LogP contribution in [-0.2, 0) is 6.42 Å². The molecule has 3 rings (SSSR count). The zero-order valence-electron chi connectivity index (χ0n) is 9.26. The van der Waals surface area contributed by atoms with E-state index in [9.17, 15) is 0 Å². The Balaban J connectivity index is 2.02. The molecule has 0 amide bonds. The Morgan fingerprint density at radius 3 is 3.00 bits per heavy atom. The summed E-state index contributed by atoms with van der Waals surface area (Å²) < 4.78 is 1.36. The Kier molecular flexibility index (Phi) is 2.53. The molecular weight excluding hydrogens is 228 g/mol. The molecule has 0 saturated heterocycles. The van der Waals surface area contributed by atoms with Crippen molar-refractivity contribution in [1.82, 2.24) is 4.98 Å². The van der Waals surface area contributed by atoms with Gasteiger partial charge in [-0.25, -0.2) is 4.98 Å². The lowest BCUT2D eigenvalue weighted by atomic mass is 10.0. The fourth-order valence-corrected chi connectivity index (χ4v) is 2.93. The molecule has 0 radical (unpaired) electrons. The van der Waals surface area contributed by atoms with Crippen molar-refractivity contribution in [3.63, 3.8) is 0 Å². The second-order valence-corrected chi connectivity index (χ2v) is 4.94. The summed E-state index contributed by atoms with van der Waals surface area (Å²) in [6.07, 6.45) is 2.67. The van der Waals surface area contributed by atoms with Gasteiger partial charge in [0.2, 0.25) is 0 Å². The number of nitrogen functional groups attached to an aromatic ring is 1. The lowest BCUT2D eigenvalue weighted by Gasteiger charge is -2.04. The molecule has 3 heteroatoms. The van der Waals surface area contributed by atoms with Gasteiger partial charge in [-0.1, -0.05) is 18.2 Å². The first-order chi connectivity index (χ1) is 8.33. The summed E-state index contributed by atoms with van der Waals surface area (Å²) in [5.74, 6) is 0.584. The van der Waals surface area contributed by atoms with Gasteiger partial charge in [-0.05, 0) is 46.5 Å². The monoisotopic (exact) mass is 240 g/mol. The van der Waals surface area contributed by atoms with Crippen LogP contribution in [0.25, 0.3) is 10.1 Å². The van der Waals surface area contributed by atoms with Gasteiger partial charge in [0.1, 0.15) is 5.82 Å². The van der Waals surface area contributed by atoms with Crippen LogP contribution in [0.15, 0.2) is 48.0 Å². The summed E-state index contributed by atoms with van der Waals surface area (Å²) in [6, 6.07) is 12.5. The minimum atomic E-state index is 0.584. The number of nitrogens with zero attached hydrogens (tertiary/aromatic N) is 1. The van der Waals surface area contributed by atoms with E-state index in [-0.39, 0.29) is 0 Å². The number of aromatic nitrogens is 1. The summed E-state index contributed by atoms with van der Waals surface area (Å²) in [5.41, 5.74) is 8.25. The number of rotatable bonds is 2. The first-order valence-corrected chi connectivity index (χ1v) is 6.36. The van der Waals surface area contributed by atoms with Crippen LogP contribution in [0.3, 0.4) is 0 Å². The molecule has 0 saturated carbocycles. The highest BCUT2D eigenvalue weighted by atomic mass is 32.1. The number of thiophene rings is 1. The van der Waals surface area contributed by atoms with Crippen LogP contribution in [0.5, 0.6) is 0 Å². The minimum Gasteiger partial charge on any atom is -0.384 e. The van der Waals surface area contributed by atoms with Gasteiger partial charge >= 0.3 is 0 Å². The van der Waals surface area contributed by atoms with Crippen molar-refractivity contribution in [3.05, 3.63) is 59.1 Å². The second kappa shape index (κ2) is 4.18. The minimum absolute atomic E-state index is 0.584. The standard InChI is InChI=1S/C14H12N2S/c15-13-9-10(4-6-16-13)8-12-3-1-2-11-5-7-17-14(11)12/h1-7,9H,8H2,(H2,15,16). The van der Waals surface area contributed by atoms with E-state index in [0.29, 0.717) is 5.82 Å². The van der Waals surface area contributed by atoms with Gasteiger partial charge in [0.15, 0.2) is 0 Å². The lowest BCUT2D eigenvalue weighted by Crippen LogP contribution is -1.93. The van der Waals surface area contributed by atoms with E-state index in [0.717, 1.165) is 6.42 Å². The van der Waals surface area contributed by atoms with E-state index < -0.39 is 0 Å². The molecule has 2 nitrogen and oxygen atoms in total. The van der Waals surface area contributed by atoms with E-state index in [1.807, 2.05) is 12.1 Å². The molecule has 0 spiro atoms. The Morgan fingerprint density at radius 2 is 2.12 bits per heavy atom. The maximum Gasteiger partial charge on any atom is 0.123 e. The topological polar surface area (TPSA) is 38.9 Å². The quantitative estimate of drug-likeness (QED) is 0.745. The number of pyridine rings is 1. The van der Waals surface area contributed by atoms with Crippen LogP contribution >= 0.6 is 11.3 Å². The SMILES string of the molecule is Nc1cc(Cc2cccc3ccsc23)ccn1. The Morgan fingerprint density at radius 1 is 1.18 bits per heavy atom. The number of anilines is 1. The van der Waals surface area contributed by atoms with Gasteiger partial charge in [0.25, 0.3) is 0 Å². The maximum absolute atomic E-state index is 5.70. The maximum atomic E-state index is 5.70. The molecule has 0 aliphatic carbocycles. The number of hydrogen-bond donors (Lipinski definition) is 1. The van der Waals surface area contributed by atoms with Crippen LogP contribution in [0.1, 0.15) is 11.1 Å². The Hall–Kier alpha value is -1.87. The number of benzene rings is 1. The molecule has 3 aromatic rings. The number of fused-ring (bicyclic) bond motifs is 1. The summed E-state index contributed by atoms with van der Waals surface area (Å²) in [4.78, 5) is 4.01. The van der Waals surface area contributed by atoms with Crippen LogP contribution in [0.4, 0.5) is 5.82 Å². The predicted octanol–water partition coefficient (Wildman–Crippen LogP) is 3.47. The highest BCUT2D eigenvalue weighted by Gasteiger charge is 2.03. The molecule has 0 aliphatic rings. The third-order valence-corrected chi connectivity index (χ3v) is 3.81. The molecule has 0 bridgehead atoms. The summed E-state index contributed by atoms with van der Waals surface area (Å²) in [7, 11) is 0. The van der Waals surface area contributed by atoms with Gasteiger partial charge in [0.05, 0.1) is 0 Å². The van der Waals surface area contributed by atoms with Crippen LogP contribution in [-0.4, -0.2) is 4.98 Å². The molecule has 1 aromatic carbocycles. The molecular formula is C14H12N2S. The average molecular weight is 240 g/mol. The van der Waals surface area contributed by atoms with Crippen LogP contribution in [0.2, 0.25) is 0 Å². The van der Waals surface area contributed by atoms with E-state index in [1.54, 1.807) is 17.5 Å². The van der Waals surface area contributed by atoms with Crippen molar-refractivity contribution in [2.24, 2.45) is 0 Å². The fraction of sp³-hybridized carbons (Fsp3) is 0.0714. The summed E-state index contributed by atoms with van der Waals surface area (Å²) in [6.45, 7) is 0. The molecule has 2 heterocycles. The van der Waals surface area contributed by atoms with E-state index in [2.05, 4.69) is 34.6 Å². The molecule has 84 valence electrons. The van der Waals surface area contributed by atoms with Crippen molar-refractivity contribution in [1.29, 1.82) is 0 Å². The normalized spacial score (nSPS) is 10.8. The van der Waals surface area contributed by atoms with Gasteiger partial charge in [-0.3, -0.25) is 0 Å². The Labute approximate surface area is 104 Å². The number of hydrogen-bond acceptors (Lipinski definition) is 3. The smallest absolute Gasteiger partial charge is 0.123 e. The predicted molar refractivity (Wildman–Crippen MR) is 73.3 cm³/mol. The first-order valence-electron chi connectivity index (χ1n) is 5.48. The van der Waals surface area contributed by atoms with E-state index >= 15 is 0 Å². The molecule has 0 atom stereocenters. The van der Waals surface area contributed by atoms with Crippen molar-refractivity contribution in [2.75, 3.05) is 5.73 Å². The fourth-order valence-electron chi connectivity index (χ4n) is 2.02. The van der Waals surface area contributed by atoms with Crippen molar-refractivity contribution < 1.29 is 0 Å². The first kappa shape index (κ1) is 10.3. The van der Waals surface area contributed by atoms with Gasteiger partial charge in [-0.2, -0.15) is 0 Å². The average Bonchev–Trinajstić information content (AvgIpc) is 2.78. The highest BCUT2D eigenvalue weighted by molar-refractivity contribution is 7.17. The van der Waals surface area contributed by atoms with Crippen molar-refractivity contribution in [3.8, 4) is 0 Å². The lowest BCUT2D eigenvalue weighted by molar-refractivity contribution is 1.19. The van der Waals surface area contributed by atoms with Gasteiger partial charge in [0, 0.05) is 10.9 Å². The molecule has 17 heavy (non-hydrogen) atoms. The summed E-state index contributed by atoms with van der Waals surface area (Å²) in [5, 5.41) is 3.45. The molecule has 2 aromatic heterocycles. The molecule has 0 unspecified atom stereocenters. The van der Waals surface area contributed by atoms with Crippen LogP contribution in [0, 0.1) is 0 Å². The number of nitrogens with two attached hydrogens (primary N) is 1. The summed E-state index contributed by atoms with van der Waals surface area (Å²) >= 11 is 1.79. The highest BCUT2D eigenvalue weighted by Crippen LogP contribution is 2.26. The van der Waals surface area contributed by atoms with E-state index in [4.69, 9.17) is 5.73 Å². The third-order valence-electron chi connectivity index (χ3n) is 2.80. The molecule has 0 aliphatic heterocycles. The van der Waals surface area contributed by atoms with Crippen LogP contribution < -0.4 is 5.73 Å². The largest absolute Gasteiger partial charge is 0.384 e. The second-order valence-electron chi connectivity index (χ2n) is 4.02. The van der Waals surface area contributed by atoms with Gasteiger partial charge in [-0.15, -0.1) is 11.3 Å². The van der Waals surface area contributed by atoms with E-state index in [1.165, 1.54) is 21.2 Å². The Bertz CT molecular complexity index is 658. The van der Waals surface area contributed by atoms with Gasteiger partial charge < -0.3 is 5.73 Å². The zero-order valence-corrected chi connectivity index (χ0v) is 10.1. The van der Waals surface area contributed by atoms with Crippen molar-refractivity contribution >= 4 is 27.2 Å². The van der Waals surface area contributed by atoms with Crippen molar-refractivity contribution in [2.45, 2.75) is 6.42 Å².